The Labute approximate surface area is 160 Å². The first-order valence-electron chi connectivity index (χ1n) is 9.36. The molecule has 0 radical (unpaired) electrons. The summed E-state index contributed by atoms with van der Waals surface area (Å²) in [6.45, 7) is 3.81. The van der Waals surface area contributed by atoms with Gasteiger partial charge in [-0.3, -0.25) is 9.59 Å². The molecule has 0 aromatic heterocycles. The molecule has 0 bridgehead atoms. The normalized spacial score (nSPS) is 15.6. The predicted octanol–water partition coefficient (Wildman–Crippen LogP) is 3.06. The molecule has 3 rings (SSSR count). The Bertz CT molecular complexity index is 791. The van der Waals surface area contributed by atoms with Gasteiger partial charge in [-0.25, -0.2) is 0 Å². The average Bonchev–Trinajstić information content (AvgIpc) is 2.71. The van der Waals surface area contributed by atoms with Crippen molar-refractivity contribution >= 4 is 11.8 Å². The predicted molar refractivity (Wildman–Crippen MR) is 104 cm³/mol. The second-order valence-corrected chi connectivity index (χ2v) is 6.80. The van der Waals surface area contributed by atoms with Crippen molar-refractivity contribution in [3.05, 3.63) is 65.7 Å². The molecule has 1 saturated heterocycles. The Hall–Kier alpha value is -2.82. The fraction of sp³-hybridized carbons (Fsp3) is 0.364. The Kier molecular flexibility index (Phi) is 6.12. The number of rotatable bonds is 6. The number of hydrogen-bond donors (Lipinski definition) is 0. The summed E-state index contributed by atoms with van der Waals surface area (Å²) in [6.07, 6.45) is 0.723. The maximum Gasteiger partial charge on any atom is 0.242 e. The average molecular weight is 366 g/mol. The van der Waals surface area contributed by atoms with Gasteiger partial charge in [-0.2, -0.15) is 0 Å². The highest BCUT2D eigenvalue weighted by Gasteiger charge is 2.31. The van der Waals surface area contributed by atoms with E-state index >= 15 is 0 Å². The van der Waals surface area contributed by atoms with Crippen molar-refractivity contribution in [3.63, 3.8) is 0 Å². The zero-order chi connectivity index (χ0) is 19.2. The lowest BCUT2D eigenvalue weighted by molar-refractivity contribution is -0.146. The third-order valence-electron chi connectivity index (χ3n) is 5.05. The fourth-order valence-corrected chi connectivity index (χ4v) is 3.51. The summed E-state index contributed by atoms with van der Waals surface area (Å²) in [5.74, 6) is 0.616. The summed E-state index contributed by atoms with van der Waals surface area (Å²) in [5.41, 5.74) is 2.04. The second-order valence-electron chi connectivity index (χ2n) is 6.80. The fourth-order valence-electron chi connectivity index (χ4n) is 3.51. The van der Waals surface area contributed by atoms with Crippen molar-refractivity contribution in [1.29, 1.82) is 0 Å². The second kappa shape index (κ2) is 8.71. The number of methoxy groups -OCH3 is 1. The van der Waals surface area contributed by atoms with Crippen molar-refractivity contribution in [1.82, 2.24) is 9.80 Å². The number of nitrogens with zero attached hydrogens (tertiary/aromatic N) is 2. The smallest absolute Gasteiger partial charge is 0.242 e. The molecule has 5 heteroatoms. The number of benzene rings is 2. The minimum Gasteiger partial charge on any atom is -0.497 e. The van der Waals surface area contributed by atoms with Crippen molar-refractivity contribution < 1.29 is 14.3 Å². The molecule has 0 saturated carbocycles. The number of hydrogen-bond acceptors (Lipinski definition) is 3. The molecule has 0 spiro atoms. The van der Waals surface area contributed by atoms with Crippen LogP contribution in [0.25, 0.3) is 0 Å². The van der Waals surface area contributed by atoms with Gasteiger partial charge in [0.25, 0.3) is 0 Å². The molecule has 2 aromatic rings. The zero-order valence-corrected chi connectivity index (χ0v) is 15.9. The highest BCUT2D eigenvalue weighted by molar-refractivity contribution is 5.89. The monoisotopic (exact) mass is 366 g/mol. The van der Waals surface area contributed by atoms with E-state index in [2.05, 4.69) is 0 Å². The molecule has 0 N–H and O–H groups in total. The lowest BCUT2D eigenvalue weighted by atomic mass is 9.94. The van der Waals surface area contributed by atoms with Crippen LogP contribution in [0.4, 0.5) is 0 Å². The maximum atomic E-state index is 13.0. The first-order chi connectivity index (χ1) is 13.1. The van der Waals surface area contributed by atoms with Crippen molar-refractivity contribution in [2.45, 2.75) is 25.8 Å². The number of carbonyl (C=O) groups is 2. The summed E-state index contributed by atoms with van der Waals surface area (Å²) in [7, 11) is 1.63. The van der Waals surface area contributed by atoms with Crippen LogP contribution in [-0.2, 0) is 16.1 Å². The van der Waals surface area contributed by atoms with Gasteiger partial charge < -0.3 is 14.5 Å². The van der Waals surface area contributed by atoms with Gasteiger partial charge in [0.15, 0.2) is 0 Å². The first-order valence-corrected chi connectivity index (χ1v) is 9.36. The molecule has 1 aliphatic rings. The largest absolute Gasteiger partial charge is 0.497 e. The molecule has 1 atom stereocenters. The standard InChI is InChI=1S/C22H26N2O3/c1-3-20(18-9-5-4-6-10-18)22(26)24-13-12-23(21(25)16-24)15-17-8-7-11-19(14-17)27-2/h4-11,14,20H,3,12-13,15-16H2,1-2H3/t20-/m1/s1. The molecule has 2 amide bonds. The van der Waals surface area contributed by atoms with Crippen LogP contribution in [0, 0.1) is 0 Å². The van der Waals surface area contributed by atoms with Gasteiger partial charge in [0.05, 0.1) is 19.6 Å². The van der Waals surface area contributed by atoms with Crippen LogP contribution in [0.15, 0.2) is 54.6 Å². The van der Waals surface area contributed by atoms with Crippen LogP contribution in [0.3, 0.4) is 0 Å². The lowest BCUT2D eigenvalue weighted by Gasteiger charge is -2.36. The molecular formula is C22H26N2O3. The number of ether oxygens (including phenoxy) is 1. The van der Waals surface area contributed by atoms with E-state index < -0.39 is 0 Å². The number of amides is 2. The Balaban J connectivity index is 1.63. The summed E-state index contributed by atoms with van der Waals surface area (Å²) in [5, 5.41) is 0. The minimum absolute atomic E-state index is 0.0136. The topological polar surface area (TPSA) is 49.9 Å². The van der Waals surface area contributed by atoms with Crippen LogP contribution in [0.2, 0.25) is 0 Å². The Morgan fingerprint density at radius 3 is 2.56 bits per heavy atom. The molecule has 142 valence electrons. The van der Waals surface area contributed by atoms with Crippen molar-refractivity contribution in [3.8, 4) is 5.75 Å². The molecule has 2 aromatic carbocycles. The van der Waals surface area contributed by atoms with E-state index in [9.17, 15) is 9.59 Å². The summed E-state index contributed by atoms with van der Waals surface area (Å²) < 4.78 is 5.24. The van der Waals surface area contributed by atoms with E-state index in [-0.39, 0.29) is 24.3 Å². The van der Waals surface area contributed by atoms with Gasteiger partial charge in [0.1, 0.15) is 5.75 Å². The van der Waals surface area contributed by atoms with Crippen LogP contribution < -0.4 is 4.74 Å². The molecule has 0 unspecified atom stereocenters. The van der Waals surface area contributed by atoms with Crippen LogP contribution in [0.5, 0.6) is 5.75 Å². The molecular weight excluding hydrogens is 340 g/mol. The summed E-state index contributed by atoms with van der Waals surface area (Å²) in [4.78, 5) is 29.1. The molecule has 1 aliphatic heterocycles. The quantitative estimate of drug-likeness (QED) is 0.789. The Morgan fingerprint density at radius 2 is 1.89 bits per heavy atom. The van der Waals surface area contributed by atoms with Crippen molar-refractivity contribution in [2.75, 3.05) is 26.7 Å². The van der Waals surface area contributed by atoms with Gasteiger partial charge in [0, 0.05) is 19.6 Å². The third-order valence-corrected chi connectivity index (χ3v) is 5.05. The minimum atomic E-state index is -0.191. The van der Waals surface area contributed by atoms with Gasteiger partial charge in [-0.1, -0.05) is 49.4 Å². The van der Waals surface area contributed by atoms with Gasteiger partial charge in [-0.05, 0) is 29.7 Å². The summed E-state index contributed by atoms with van der Waals surface area (Å²) >= 11 is 0. The highest BCUT2D eigenvalue weighted by atomic mass is 16.5. The van der Waals surface area contributed by atoms with E-state index in [0.717, 1.165) is 23.3 Å². The molecule has 1 heterocycles. The van der Waals surface area contributed by atoms with Gasteiger partial charge in [0.2, 0.25) is 11.8 Å². The van der Waals surface area contributed by atoms with E-state index in [1.54, 1.807) is 12.0 Å². The van der Waals surface area contributed by atoms with Crippen LogP contribution in [0.1, 0.15) is 30.4 Å². The van der Waals surface area contributed by atoms with E-state index in [0.29, 0.717) is 19.6 Å². The van der Waals surface area contributed by atoms with E-state index in [1.807, 2.05) is 66.4 Å². The highest BCUT2D eigenvalue weighted by Crippen LogP contribution is 2.23. The number of carbonyl (C=O) groups excluding carboxylic acids is 2. The maximum absolute atomic E-state index is 13.0. The van der Waals surface area contributed by atoms with Crippen LogP contribution >= 0.6 is 0 Å². The number of piperazine rings is 1. The third kappa shape index (κ3) is 4.48. The van der Waals surface area contributed by atoms with Gasteiger partial charge in [-0.15, -0.1) is 0 Å². The van der Waals surface area contributed by atoms with E-state index in [1.165, 1.54) is 0 Å². The Morgan fingerprint density at radius 1 is 1.11 bits per heavy atom. The molecule has 1 fully saturated rings. The lowest BCUT2D eigenvalue weighted by Crippen LogP contribution is -2.52. The van der Waals surface area contributed by atoms with Gasteiger partial charge >= 0.3 is 0 Å². The van der Waals surface area contributed by atoms with E-state index in [4.69, 9.17) is 4.74 Å². The SMILES string of the molecule is CC[C@@H](C(=O)N1CCN(Cc2cccc(OC)c2)C(=O)C1)c1ccccc1. The van der Waals surface area contributed by atoms with Crippen LogP contribution in [-0.4, -0.2) is 48.4 Å². The zero-order valence-electron chi connectivity index (χ0n) is 15.9. The first kappa shape index (κ1) is 19.0. The molecule has 5 nitrogen and oxygen atoms in total. The summed E-state index contributed by atoms with van der Waals surface area (Å²) in [6, 6.07) is 17.5. The van der Waals surface area contributed by atoms with Crippen molar-refractivity contribution in [2.24, 2.45) is 0 Å². The molecule has 0 aliphatic carbocycles. The molecule has 27 heavy (non-hydrogen) atoms.